The number of fused-ring (bicyclic) bond motifs is 3. The second-order valence-electron chi connectivity index (χ2n) is 7.62. The summed E-state index contributed by atoms with van der Waals surface area (Å²) < 4.78 is 0. The van der Waals surface area contributed by atoms with Crippen LogP contribution in [0.2, 0.25) is 0 Å². The summed E-state index contributed by atoms with van der Waals surface area (Å²) in [7, 11) is 0. The fourth-order valence-electron chi connectivity index (χ4n) is 3.10. The molecule has 0 fully saturated rings. The van der Waals surface area contributed by atoms with E-state index in [0.717, 1.165) is 33.2 Å². The topological polar surface area (TPSA) is 114 Å². The molecule has 0 N–H and O–H groups in total. The summed E-state index contributed by atoms with van der Waals surface area (Å²) in [6.07, 6.45) is 8.26. The molecule has 5 rings (SSSR count). The van der Waals surface area contributed by atoms with Gasteiger partial charge in [-0.05, 0) is 10.4 Å². The minimum Gasteiger partial charge on any atom is -0.780 e. The Labute approximate surface area is 237 Å². The molecule has 0 unspecified atom stereocenters. The monoisotopic (exact) mass is 580 g/mol. The van der Waals surface area contributed by atoms with Crippen molar-refractivity contribution in [2.75, 3.05) is 0 Å². The summed E-state index contributed by atoms with van der Waals surface area (Å²) in [5, 5.41) is 31.6. The Morgan fingerprint density at radius 2 is 0.919 bits per heavy atom. The predicted molar refractivity (Wildman–Crippen MR) is 146 cm³/mol. The number of non-ortho nitro benzene ring substituents is 2. The standard InChI is InChI=1S/C14H12N2.2C6H5NO2S.Zn/c1-9-3-5-11-7-8-12-6-4-10(2)16-14(12)13(11)15-9;2*8-7(9)5-1-3-6(10)4-2-5;/h3-8H,1-2H3;2*1-4,10H;/q-2;;;/p-2. The van der Waals surface area contributed by atoms with Gasteiger partial charge >= 0.3 is 0 Å². The summed E-state index contributed by atoms with van der Waals surface area (Å²) in [5.74, 6) is 0. The van der Waals surface area contributed by atoms with Crippen molar-refractivity contribution in [2.45, 2.75) is 23.6 Å². The summed E-state index contributed by atoms with van der Waals surface area (Å²) >= 11 is 9.47. The van der Waals surface area contributed by atoms with E-state index in [2.05, 4.69) is 34.9 Å². The number of benzene rings is 3. The molecule has 2 aliphatic heterocycles. The minimum atomic E-state index is -0.450. The number of hydrogen-bond acceptors (Lipinski definition) is 6. The molecule has 8 nitrogen and oxygen atoms in total. The molecular weight excluding hydrogens is 562 g/mol. The number of nitrogens with zero attached hydrogens (tertiary/aromatic N) is 4. The van der Waals surface area contributed by atoms with Crippen LogP contribution in [0.15, 0.2) is 94.0 Å². The van der Waals surface area contributed by atoms with Gasteiger partial charge < -0.3 is 35.9 Å². The van der Waals surface area contributed by atoms with Crippen LogP contribution in [0.3, 0.4) is 0 Å². The molecule has 0 aliphatic carbocycles. The van der Waals surface area contributed by atoms with Gasteiger partial charge in [-0.2, -0.15) is 21.2 Å². The number of nitro benzene ring substituents is 2. The van der Waals surface area contributed by atoms with Crippen LogP contribution >= 0.6 is 0 Å². The first-order chi connectivity index (χ1) is 17.1. The van der Waals surface area contributed by atoms with Crippen LogP contribution in [-0.4, -0.2) is 9.85 Å². The van der Waals surface area contributed by atoms with Gasteiger partial charge in [0.2, 0.25) is 0 Å². The molecule has 0 saturated heterocycles. The zero-order valence-corrected chi connectivity index (χ0v) is 24.6. The van der Waals surface area contributed by atoms with Crippen molar-refractivity contribution in [1.29, 1.82) is 0 Å². The molecule has 2 aliphatic rings. The van der Waals surface area contributed by atoms with Gasteiger partial charge in [0.15, 0.2) is 0 Å². The molecule has 3 aromatic carbocycles. The number of nitro groups is 2. The molecule has 0 spiro atoms. The van der Waals surface area contributed by atoms with E-state index in [-0.39, 0.29) is 30.9 Å². The van der Waals surface area contributed by atoms with Gasteiger partial charge in [0.1, 0.15) is 0 Å². The Balaban J connectivity index is 0.000000202. The van der Waals surface area contributed by atoms with Gasteiger partial charge in [0.25, 0.3) is 11.4 Å². The molecule has 0 amide bonds. The average molecular weight is 582 g/mol. The third-order valence-electron chi connectivity index (χ3n) is 4.89. The van der Waals surface area contributed by atoms with Crippen molar-refractivity contribution in [3.63, 3.8) is 0 Å². The summed E-state index contributed by atoms with van der Waals surface area (Å²) in [6.45, 7) is 4.02. The van der Waals surface area contributed by atoms with E-state index in [1.54, 1.807) is 0 Å². The molecule has 0 radical (unpaired) electrons. The second-order valence-corrected chi connectivity index (χ2v) is 8.56. The summed E-state index contributed by atoms with van der Waals surface area (Å²) in [4.78, 5) is 20.5. The first-order valence-corrected chi connectivity index (χ1v) is 11.4. The van der Waals surface area contributed by atoms with Crippen molar-refractivity contribution < 1.29 is 29.3 Å². The Bertz CT molecular complexity index is 1360. The molecule has 37 heavy (non-hydrogen) atoms. The van der Waals surface area contributed by atoms with Gasteiger partial charge in [-0.1, -0.05) is 74.5 Å². The fourth-order valence-corrected chi connectivity index (χ4v) is 3.37. The van der Waals surface area contributed by atoms with Crippen molar-refractivity contribution >= 4 is 60.2 Å². The summed E-state index contributed by atoms with van der Waals surface area (Å²) in [6, 6.07) is 15.9. The summed E-state index contributed by atoms with van der Waals surface area (Å²) in [5.41, 5.74) is 4.22. The van der Waals surface area contributed by atoms with Crippen LogP contribution in [0.1, 0.15) is 13.8 Å². The number of allylic oxidation sites excluding steroid dienone is 4. The molecule has 0 saturated carbocycles. The molecule has 186 valence electrons. The Kier molecular flexibility index (Phi) is 10.9. The zero-order valence-electron chi connectivity index (χ0n) is 20.0. The van der Waals surface area contributed by atoms with Gasteiger partial charge in [0, 0.05) is 43.7 Å². The van der Waals surface area contributed by atoms with Crippen molar-refractivity contribution in [3.05, 3.63) is 126 Å². The predicted octanol–water partition coefficient (Wildman–Crippen LogP) is 6.09. The van der Waals surface area contributed by atoms with Gasteiger partial charge in [0.05, 0.1) is 9.85 Å². The van der Waals surface area contributed by atoms with E-state index < -0.39 is 9.85 Å². The van der Waals surface area contributed by atoms with Gasteiger partial charge in [-0.3, -0.25) is 20.2 Å². The van der Waals surface area contributed by atoms with E-state index in [1.807, 2.05) is 26.0 Å². The van der Waals surface area contributed by atoms with Crippen molar-refractivity contribution in [3.8, 4) is 0 Å². The number of hydrogen-bond donors (Lipinski definition) is 0. The van der Waals surface area contributed by atoms with Crippen LogP contribution < -0.4 is 10.4 Å². The minimum absolute atomic E-state index is 0. The Morgan fingerprint density at radius 3 is 1.22 bits per heavy atom. The second kappa shape index (κ2) is 13.6. The first kappa shape index (κ1) is 29.6. The van der Waals surface area contributed by atoms with Crippen molar-refractivity contribution in [2.24, 2.45) is 0 Å². The third-order valence-corrected chi connectivity index (χ3v) is 5.44. The first-order valence-electron chi connectivity index (χ1n) is 10.6. The van der Waals surface area contributed by atoms with E-state index >= 15 is 0 Å². The molecule has 11 heteroatoms. The maximum atomic E-state index is 10.1. The molecule has 0 aromatic heterocycles. The van der Waals surface area contributed by atoms with Gasteiger partial charge in [-0.25, -0.2) is 0 Å². The maximum Gasteiger partial charge on any atom is 0.269 e. The van der Waals surface area contributed by atoms with Crippen LogP contribution in [0.25, 0.3) is 22.8 Å². The molecular formula is C26H20N4O4S2Zn-4. The van der Waals surface area contributed by atoms with Crippen molar-refractivity contribution in [1.82, 2.24) is 0 Å². The number of rotatable bonds is 2. The Hall–Kier alpha value is -3.66. The zero-order chi connectivity index (χ0) is 26.2. The van der Waals surface area contributed by atoms with E-state index in [4.69, 9.17) is 25.3 Å². The van der Waals surface area contributed by atoms with Crippen LogP contribution in [0.5, 0.6) is 0 Å². The maximum absolute atomic E-state index is 10.1. The van der Waals surface area contributed by atoms with E-state index in [9.17, 15) is 20.2 Å². The van der Waals surface area contributed by atoms with Crippen LogP contribution in [-0.2, 0) is 44.7 Å². The average Bonchev–Trinajstić information content (AvgIpc) is 2.85. The van der Waals surface area contributed by atoms with E-state index in [1.165, 1.54) is 48.5 Å². The fraction of sp³-hybridized carbons (Fsp3) is 0.0769. The Morgan fingerprint density at radius 1 is 0.595 bits per heavy atom. The van der Waals surface area contributed by atoms with Gasteiger partial charge in [-0.15, -0.1) is 11.4 Å². The third kappa shape index (κ3) is 8.46. The SMILES string of the molecule is CC1=CC=c2ccc3c(c2[N-]1)[N-]C(C)=CC=3.O=[N+]([O-])c1ccc([S-])cc1.O=[N+]([O-])c1ccc([S-])cc1.[Zn]. The molecule has 0 bridgehead atoms. The quantitative estimate of drug-likeness (QED) is 0.156. The molecule has 0 atom stereocenters. The molecule has 2 heterocycles. The van der Waals surface area contributed by atoms with E-state index in [0.29, 0.717) is 9.79 Å². The molecule has 3 aromatic rings. The smallest absolute Gasteiger partial charge is 0.269 e. The largest absolute Gasteiger partial charge is 0.780 e. The normalized spacial score (nSPS) is 12.1. The van der Waals surface area contributed by atoms with Crippen LogP contribution in [0, 0.1) is 20.2 Å². The van der Waals surface area contributed by atoms with Crippen LogP contribution in [0.4, 0.5) is 22.7 Å².